The molecule has 0 saturated heterocycles. The lowest BCUT2D eigenvalue weighted by atomic mass is 9.95. The molecule has 1 saturated carbocycles. The van der Waals surface area contributed by atoms with Gasteiger partial charge in [0, 0.05) is 24.7 Å². The Balaban J connectivity index is 2.13. The minimum absolute atomic E-state index is 0.370. The SMILES string of the molecule is CCc1cc(CC(NN)C2(C)CC2)n(CC)n1. The van der Waals surface area contributed by atoms with Gasteiger partial charge >= 0.3 is 0 Å². The molecule has 1 aliphatic rings. The number of hydrogen-bond donors (Lipinski definition) is 2. The number of aryl methyl sites for hydroxylation is 2. The fourth-order valence-corrected chi connectivity index (χ4v) is 2.39. The van der Waals surface area contributed by atoms with Crippen LogP contribution in [-0.4, -0.2) is 15.8 Å². The van der Waals surface area contributed by atoms with Crippen molar-refractivity contribution in [1.29, 1.82) is 0 Å². The summed E-state index contributed by atoms with van der Waals surface area (Å²) >= 11 is 0. The van der Waals surface area contributed by atoms with Gasteiger partial charge in [-0.25, -0.2) is 0 Å². The Kier molecular flexibility index (Phi) is 3.54. The van der Waals surface area contributed by atoms with Gasteiger partial charge in [0.05, 0.1) is 5.69 Å². The number of hydrogen-bond acceptors (Lipinski definition) is 3. The zero-order valence-electron chi connectivity index (χ0n) is 11.2. The molecule has 0 aromatic carbocycles. The minimum Gasteiger partial charge on any atom is -0.271 e. The van der Waals surface area contributed by atoms with Crippen LogP contribution in [0, 0.1) is 5.41 Å². The van der Waals surface area contributed by atoms with E-state index in [-0.39, 0.29) is 0 Å². The number of nitrogens with one attached hydrogen (secondary N) is 1. The summed E-state index contributed by atoms with van der Waals surface area (Å²) < 4.78 is 2.11. The van der Waals surface area contributed by atoms with E-state index in [4.69, 9.17) is 5.84 Å². The highest BCUT2D eigenvalue weighted by molar-refractivity contribution is 5.14. The van der Waals surface area contributed by atoms with E-state index in [1.165, 1.54) is 24.2 Å². The Morgan fingerprint density at radius 3 is 2.71 bits per heavy atom. The van der Waals surface area contributed by atoms with Gasteiger partial charge in [-0.05, 0) is 37.7 Å². The Hall–Kier alpha value is -0.870. The zero-order valence-corrected chi connectivity index (χ0v) is 11.2. The summed E-state index contributed by atoms with van der Waals surface area (Å²) in [5.74, 6) is 5.70. The summed E-state index contributed by atoms with van der Waals surface area (Å²) in [7, 11) is 0. The van der Waals surface area contributed by atoms with Gasteiger partial charge in [-0.1, -0.05) is 13.8 Å². The third-order valence-corrected chi connectivity index (χ3v) is 4.07. The van der Waals surface area contributed by atoms with Gasteiger partial charge in [-0.3, -0.25) is 16.0 Å². The van der Waals surface area contributed by atoms with Gasteiger partial charge in [0.2, 0.25) is 0 Å². The van der Waals surface area contributed by atoms with E-state index in [1.54, 1.807) is 0 Å². The smallest absolute Gasteiger partial charge is 0.0624 e. The molecule has 0 spiro atoms. The number of nitrogens with zero attached hydrogens (tertiary/aromatic N) is 2. The highest BCUT2D eigenvalue weighted by Gasteiger charge is 2.44. The van der Waals surface area contributed by atoms with E-state index in [0.717, 1.165) is 19.4 Å². The first kappa shape index (κ1) is 12.6. The van der Waals surface area contributed by atoms with Crippen molar-refractivity contribution in [3.63, 3.8) is 0 Å². The molecule has 4 heteroatoms. The maximum Gasteiger partial charge on any atom is 0.0624 e. The van der Waals surface area contributed by atoms with E-state index < -0.39 is 0 Å². The molecule has 4 nitrogen and oxygen atoms in total. The zero-order chi connectivity index (χ0) is 12.5. The van der Waals surface area contributed by atoms with Crippen LogP contribution in [0.1, 0.15) is 45.0 Å². The van der Waals surface area contributed by atoms with Crippen LogP contribution in [0.2, 0.25) is 0 Å². The first-order chi connectivity index (χ1) is 8.12. The molecule has 0 bridgehead atoms. The molecule has 17 heavy (non-hydrogen) atoms. The van der Waals surface area contributed by atoms with Gasteiger partial charge in [0.25, 0.3) is 0 Å². The third kappa shape index (κ3) is 2.53. The van der Waals surface area contributed by atoms with Crippen LogP contribution in [0.5, 0.6) is 0 Å². The third-order valence-electron chi connectivity index (χ3n) is 4.07. The summed E-state index contributed by atoms with van der Waals surface area (Å²) in [6.07, 6.45) is 4.54. The summed E-state index contributed by atoms with van der Waals surface area (Å²) in [6.45, 7) is 7.53. The van der Waals surface area contributed by atoms with Crippen molar-refractivity contribution in [2.75, 3.05) is 0 Å². The molecule has 3 N–H and O–H groups in total. The predicted molar refractivity (Wildman–Crippen MR) is 69.4 cm³/mol. The Bertz CT molecular complexity index is 379. The van der Waals surface area contributed by atoms with Crippen LogP contribution in [0.25, 0.3) is 0 Å². The Morgan fingerprint density at radius 2 is 2.24 bits per heavy atom. The highest BCUT2D eigenvalue weighted by Crippen LogP contribution is 2.48. The van der Waals surface area contributed by atoms with Crippen molar-refractivity contribution in [2.45, 2.75) is 59.0 Å². The van der Waals surface area contributed by atoms with Crippen LogP contribution < -0.4 is 11.3 Å². The molecule has 0 amide bonds. The fourth-order valence-electron chi connectivity index (χ4n) is 2.39. The van der Waals surface area contributed by atoms with Crippen LogP contribution in [0.4, 0.5) is 0 Å². The van der Waals surface area contributed by atoms with Crippen molar-refractivity contribution in [3.8, 4) is 0 Å². The second kappa shape index (κ2) is 4.78. The summed E-state index contributed by atoms with van der Waals surface area (Å²) in [5, 5.41) is 4.59. The van der Waals surface area contributed by atoms with E-state index in [1.807, 2.05) is 0 Å². The number of rotatable bonds is 6. The van der Waals surface area contributed by atoms with Gasteiger partial charge in [-0.15, -0.1) is 0 Å². The van der Waals surface area contributed by atoms with Crippen LogP contribution in [-0.2, 0) is 19.4 Å². The van der Waals surface area contributed by atoms with Crippen LogP contribution in [0.15, 0.2) is 6.07 Å². The molecular weight excluding hydrogens is 212 g/mol. The predicted octanol–water partition coefficient (Wildman–Crippen LogP) is 1.64. The van der Waals surface area contributed by atoms with Crippen molar-refractivity contribution >= 4 is 0 Å². The molecule has 1 aliphatic carbocycles. The first-order valence-corrected chi connectivity index (χ1v) is 6.64. The maximum atomic E-state index is 5.70. The molecule has 1 heterocycles. The van der Waals surface area contributed by atoms with E-state index in [9.17, 15) is 0 Å². The topological polar surface area (TPSA) is 55.9 Å². The number of nitrogens with two attached hydrogens (primary N) is 1. The van der Waals surface area contributed by atoms with Crippen molar-refractivity contribution in [1.82, 2.24) is 15.2 Å². The number of aromatic nitrogens is 2. The minimum atomic E-state index is 0.370. The summed E-state index contributed by atoms with van der Waals surface area (Å²) in [5.41, 5.74) is 5.87. The summed E-state index contributed by atoms with van der Waals surface area (Å²) in [6, 6.07) is 2.59. The van der Waals surface area contributed by atoms with Crippen LogP contribution in [0.3, 0.4) is 0 Å². The molecule has 0 aliphatic heterocycles. The highest BCUT2D eigenvalue weighted by atomic mass is 15.3. The molecule has 1 aromatic rings. The lowest BCUT2D eigenvalue weighted by molar-refractivity contribution is 0.351. The average molecular weight is 236 g/mol. The molecule has 1 aromatic heterocycles. The van der Waals surface area contributed by atoms with Gasteiger partial charge in [-0.2, -0.15) is 5.10 Å². The summed E-state index contributed by atoms with van der Waals surface area (Å²) in [4.78, 5) is 0. The normalized spacial score (nSPS) is 19.3. The molecule has 96 valence electrons. The van der Waals surface area contributed by atoms with E-state index in [2.05, 4.69) is 42.0 Å². The van der Waals surface area contributed by atoms with Crippen molar-refractivity contribution in [3.05, 3.63) is 17.5 Å². The van der Waals surface area contributed by atoms with Crippen LogP contribution >= 0.6 is 0 Å². The van der Waals surface area contributed by atoms with Gasteiger partial charge in [0.15, 0.2) is 0 Å². The molecule has 1 unspecified atom stereocenters. The second-order valence-electron chi connectivity index (χ2n) is 5.37. The second-order valence-corrected chi connectivity index (χ2v) is 5.37. The fraction of sp³-hybridized carbons (Fsp3) is 0.769. The van der Waals surface area contributed by atoms with Gasteiger partial charge < -0.3 is 0 Å². The molecular formula is C13H24N4. The lowest BCUT2D eigenvalue weighted by Crippen LogP contribution is -2.43. The van der Waals surface area contributed by atoms with E-state index in [0.29, 0.717) is 11.5 Å². The van der Waals surface area contributed by atoms with E-state index >= 15 is 0 Å². The molecule has 2 rings (SSSR count). The molecule has 1 fully saturated rings. The largest absolute Gasteiger partial charge is 0.271 e. The lowest BCUT2D eigenvalue weighted by Gasteiger charge is -2.22. The van der Waals surface area contributed by atoms with Gasteiger partial charge in [0.1, 0.15) is 0 Å². The molecule has 1 atom stereocenters. The Labute approximate surface area is 104 Å². The standard InChI is InChI=1S/C13H24N4/c1-4-10-8-11(17(5-2)16-10)9-12(15-14)13(3)6-7-13/h8,12,15H,4-7,9,14H2,1-3H3. The van der Waals surface area contributed by atoms with Crippen molar-refractivity contribution in [2.24, 2.45) is 11.3 Å². The first-order valence-electron chi connectivity index (χ1n) is 6.64. The quantitative estimate of drug-likeness (QED) is 0.583. The maximum absolute atomic E-state index is 5.70. The Morgan fingerprint density at radius 1 is 1.53 bits per heavy atom. The molecule has 0 radical (unpaired) electrons. The number of hydrazine groups is 1. The monoisotopic (exact) mass is 236 g/mol. The van der Waals surface area contributed by atoms with Crippen molar-refractivity contribution < 1.29 is 0 Å². The average Bonchev–Trinajstić information content (AvgIpc) is 2.95.